The first-order valence-corrected chi connectivity index (χ1v) is 9.89. The summed E-state index contributed by atoms with van der Waals surface area (Å²) in [6, 6.07) is 0. The van der Waals surface area contributed by atoms with Gasteiger partial charge in [-0.3, -0.25) is 19.4 Å². The molecule has 0 bridgehead atoms. The van der Waals surface area contributed by atoms with Crippen molar-refractivity contribution in [3.05, 3.63) is 28.3 Å². The molecular formula is C21H26N2O6. The highest BCUT2D eigenvalue weighted by Crippen LogP contribution is 2.36. The maximum Gasteiger partial charge on any atom is 0.305 e. The molecule has 0 aromatic carbocycles. The van der Waals surface area contributed by atoms with Crippen LogP contribution in [-0.2, 0) is 22.4 Å². The predicted molar refractivity (Wildman–Crippen MR) is 104 cm³/mol. The van der Waals surface area contributed by atoms with Gasteiger partial charge >= 0.3 is 5.97 Å². The molecule has 29 heavy (non-hydrogen) atoms. The van der Waals surface area contributed by atoms with E-state index in [4.69, 9.17) is 9.63 Å². The van der Waals surface area contributed by atoms with Crippen molar-refractivity contribution >= 4 is 23.2 Å². The Hall–Kier alpha value is -2.77. The summed E-state index contributed by atoms with van der Waals surface area (Å²) in [4.78, 5) is 40.1. The molecule has 8 heteroatoms. The van der Waals surface area contributed by atoms with Crippen LogP contribution in [0, 0.1) is 5.41 Å². The number of carboxylic acids is 1. The second-order valence-electron chi connectivity index (χ2n) is 8.44. The van der Waals surface area contributed by atoms with Crippen LogP contribution in [0.5, 0.6) is 0 Å². The Morgan fingerprint density at radius 3 is 2.62 bits per heavy atom. The van der Waals surface area contributed by atoms with Gasteiger partial charge in [0.1, 0.15) is 11.5 Å². The largest absolute Gasteiger partial charge is 0.511 e. The maximum absolute atomic E-state index is 12.6. The Labute approximate surface area is 168 Å². The van der Waals surface area contributed by atoms with Crippen LogP contribution < -0.4 is 0 Å². The van der Waals surface area contributed by atoms with Crippen molar-refractivity contribution in [1.82, 2.24) is 5.16 Å². The fourth-order valence-electron chi connectivity index (χ4n) is 3.95. The van der Waals surface area contributed by atoms with E-state index in [1.807, 2.05) is 13.8 Å². The smallest absolute Gasteiger partial charge is 0.305 e. The number of nitrogens with zero attached hydrogens (tertiary/aromatic N) is 2. The predicted octanol–water partition coefficient (Wildman–Crippen LogP) is 3.24. The van der Waals surface area contributed by atoms with Crippen LogP contribution in [0.15, 0.2) is 20.8 Å². The zero-order chi connectivity index (χ0) is 21.2. The van der Waals surface area contributed by atoms with Crippen molar-refractivity contribution in [2.75, 3.05) is 6.54 Å². The number of fused-ring (bicyclic) bond motifs is 1. The van der Waals surface area contributed by atoms with E-state index >= 15 is 0 Å². The summed E-state index contributed by atoms with van der Waals surface area (Å²) < 4.78 is 5.41. The van der Waals surface area contributed by atoms with Gasteiger partial charge in [-0.15, -0.1) is 0 Å². The summed E-state index contributed by atoms with van der Waals surface area (Å²) in [6.45, 7) is 4.03. The molecule has 0 radical (unpaired) electrons. The standard InChI is InChI=1S/C21H26N2O6/c1-21(2)10-16(26)20-13(23-29-17(20)11-21)7-6-12(22-9-8-18(27)28)19-14(24)4-3-5-15(19)25/h24H,3-11H2,1-2H3,(H,27,28). The van der Waals surface area contributed by atoms with Gasteiger partial charge in [0.25, 0.3) is 0 Å². The third kappa shape index (κ3) is 4.81. The normalized spacial score (nSPS) is 19.4. The fraction of sp³-hybridized carbons (Fsp3) is 0.571. The molecule has 2 N–H and O–H groups in total. The summed E-state index contributed by atoms with van der Waals surface area (Å²) in [6.07, 6.45) is 2.76. The average Bonchev–Trinajstić information content (AvgIpc) is 3.00. The Bertz CT molecular complexity index is 906. The summed E-state index contributed by atoms with van der Waals surface area (Å²) in [5.74, 6) is -0.604. The van der Waals surface area contributed by atoms with Crippen LogP contribution in [0.2, 0.25) is 0 Å². The number of carbonyl (C=O) groups is 3. The molecule has 1 heterocycles. The summed E-state index contributed by atoms with van der Waals surface area (Å²) in [5.41, 5.74) is 1.42. The highest BCUT2D eigenvalue weighted by Gasteiger charge is 2.36. The van der Waals surface area contributed by atoms with Crippen LogP contribution in [0.25, 0.3) is 0 Å². The van der Waals surface area contributed by atoms with Gasteiger partial charge < -0.3 is 14.7 Å². The number of hydrogen-bond acceptors (Lipinski definition) is 7. The van der Waals surface area contributed by atoms with Gasteiger partial charge in [0.2, 0.25) is 0 Å². The Morgan fingerprint density at radius 1 is 1.17 bits per heavy atom. The Kier molecular flexibility index (Phi) is 6.00. The van der Waals surface area contributed by atoms with Gasteiger partial charge in [0, 0.05) is 37.9 Å². The molecule has 2 aliphatic carbocycles. The molecule has 0 amide bonds. The Balaban J connectivity index is 1.83. The second-order valence-corrected chi connectivity index (χ2v) is 8.44. The molecule has 3 rings (SSSR count). The van der Waals surface area contributed by atoms with E-state index < -0.39 is 5.97 Å². The lowest BCUT2D eigenvalue weighted by molar-refractivity contribution is -0.136. The highest BCUT2D eigenvalue weighted by atomic mass is 16.5. The van der Waals surface area contributed by atoms with Crippen molar-refractivity contribution in [3.63, 3.8) is 0 Å². The third-order valence-electron chi connectivity index (χ3n) is 5.29. The number of carboxylic acid groups (broad SMARTS) is 1. The van der Waals surface area contributed by atoms with E-state index in [9.17, 15) is 19.5 Å². The molecule has 0 spiro atoms. The minimum absolute atomic E-state index is 0.00432. The molecule has 0 unspecified atom stereocenters. The van der Waals surface area contributed by atoms with Crippen LogP contribution in [-0.4, -0.2) is 45.2 Å². The van der Waals surface area contributed by atoms with E-state index in [1.165, 1.54) is 0 Å². The van der Waals surface area contributed by atoms with Gasteiger partial charge in [0.05, 0.1) is 23.3 Å². The van der Waals surface area contributed by atoms with Gasteiger partial charge in [-0.1, -0.05) is 19.0 Å². The second kappa shape index (κ2) is 8.31. The number of hydrogen-bond donors (Lipinski definition) is 2. The molecule has 0 saturated carbocycles. The number of aryl methyl sites for hydroxylation is 1. The van der Waals surface area contributed by atoms with E-state index in [0.29, 0.717) is 61.3 Å². The zero-order valence-electron chi connectivity index (χ0n) is 16.8. The number of Topliss-reactive ketones (excluding diaryl/α,β-unsaturated/α-hetero) is 2. The van der Waals surface area contributed by atoms with Gasteiger partial charge in [-0.2, -0.15) is 0 Å². The van der Waals surface area contributed by atoms with Crippen molar-refractivity contribution in [2.45, 2.75) is 65.2 Å². The first-order valence-electron chi connectivity index (χ1n) is 9.89. The molecule has 0 atom stereocenters. The van der Waals surface area contributed by atoms with Gasteiger partial charge in [0.15, 0.2) is 11.6 Å². The van der Waals surface area contributed by atoms with Crippen molar-refractivity contribution in [2.24, 2.45) is 10.4 Å². The number of aliphatic hydroxyl groups excluding tert-OH is 1. The van der Waals surface area contributed by atoms with Crippen LogP contribution in [0.1, 0.15) is 74.2 Å². The molecule has 0 fully saturated rings. The number of allylic oxidation sites excluding steroid dienone is 2. The molecule has 8 nitrogen and oxygen atoms in total. The minimum atomic E-state index is -0.986. The van der Waals surface area contributed by atoms with Crippen LogP contribution >= 0.6 is 0 Å². The highest BCUT2D eigenvalue weighted by molar-refractivity contribution is 6.23. The first kappa shape index (κ1) is 21.0. The number of aromatic nitrogens is 1. The Morgan fingerprint density at radius 2 is 1.93 bits per heavy atom. The summed E-state index contributed by atoms with van der Waals surface area (Å²) >= 11 is 0. The first-order chi connectivity index (χ1) is 13.7. The van der Waals surface area contributed by atoms with Gasteiger partial charge in [-0.25, -0.2) is 0 Å². The number of aliphatic imine (C=N–C) groups is 1. The molecule has 1 aromatic rings. The van der Waals surface area contributed by atoms with E-state index in [2.05, 4.69) is 10.1 Å². The fourth-order valence-corrected chi connectivity index (χ4v) is 3.95. The number of aliphatic hydroxyl groups is 1. The quantitative estimate of drug-likeness (QED) is 0.670. The molecule has 2 aliphatic rings. The topological polar surface area (TPSA) is 130 Å². The van der Waals surface area contributed by atoms with Gasteiger partial charge in [-0.05, 0) is 24.7 Å². The number of aliphatic carboxylic acids is 1. The molecule has 0 aliphatic heterocycles. The lowest BCUT2D eigenvalue weighted by atomic mass is 9.76. The van der Waals surface area contributed by atoms with Crippen molar-refractivity contribution in [3.8, 4) is 0 Å². The summed E-state index contributed by atoms with van der Waals surface area (Å²) in [5, 5.41) is 23.2. The van der Waals surface area contributed by atoms with E-state index in [0.717, 1.165) is 0 Å². The molecule has 0 saturated heterocycles. The average molecular weight is 402 g/mol. The van der Waals surface area contributed by atoms with E-state index in [1.54, 1.807) is 0 Å². The molecule has 156 valence electrons. The number of rotatable bonds is 7. The lowest BCUT2D eigenvalue weighted by Gasteiger charge is -2.26. The maximum atomic E-state index is 12.6. The monoisotopic (exact) mass is 402 g/mol. The SMILES string of the molecule is CC1(C)CC(=O)c2c(CCC(=NCCC(=O)O)C3=C(O)CCCC3=O)noc2C1. The van der Waals surface area contributed by atoms with Crippen molar-refractivity contribution in [1.29, 1.82) is 0 Å². The molecular weight excluding hydrogens is 376 g/mol. The van der Waals surface area contributed by atoms with Crippen molar-refractivity contribution < 1.29 is 29.1 Å². The summed E-state index contributed by atoms with van der Waals surface area (Å²) in [7, 11) is 0. The van der Waals surface area contributed by atoms with E-state index in [-0.39, 0.29) is 47.7 Å². The minimum Gasteiger partial charge on any atom is -0.511 e. The molecule has 1 aromatic heterocycles. The third-order valence-corrected chi connectivity index (χ3v) is 5.29. The lowest BCUT2D eigenvalue weighted by Crippen LogP contribution is -2.26. The van der Waals surface area contributed by atoms with Crippen LogP contribution in [0.3, 0.4) is 0 Å². The number of carbonyl (C=O) groups excluding carboxylic acids is 2. The number of ketones is 2. The van der Waals surface area contributed by atoms with Crippen LogP contribution in [0.4, 0.5) is 0 Å². The zero-order valence-corrected chi connectivity index (χ0v) is 16.8.